The quantitative estimate of drug-likeness (QED) is 0.885. The first-order chi connectivity index (χ1) is 11.0. The molecule has 0 aromatic heterocycles. The van der Waals surface area contributed by atoms with E-state index in [-0.39, 0.29) is 16.7 Å². The average molecular weight is 328 g/mol. The van der Waals surface area contributed by atoms with E-state index >= 15 is 0 Å². The highest BCUT2D eigenvalue weighted by Crippen LogP contribution is 2.21. The molecule has 1 N–H and O–H groups in total. The van der Waals surface area contributed by atoms with E-state index in [4.69, 9.17) is 0 Å². The van der Waals surface area contributed by atoms with Crippen LogP contribution in [0, 0.1) is 6.92 Å². The van der Waals surface area contributed by atoms with Gasteiger partial charge >= 0.3 is 0 Å². The summed E-state index contributed by atoms with van der Waals surface area (Å²) in [4.78, 5) is 23.2. The highest BCUT2D eigenvalue weighted by molar-refractivity contribution is 7.99. The second-order valence-electron chi connectivity index (χ2n) is 5.25. The molecule has 120 valence electrons. The second kappa shape index (κ2) is 7.83. The smallest absolute Gasteiger partial charge is 0.237 e. The number of anilines is 1. The number of thioether (sulfide) groups is 1. The van der Waals surface area contributed by atoms with Crippen LogP contribution in [0.2, 0.25) is 0 Å². The minimum absolute atomic E-state index is 0.0514. The molecule has 0 aliphatic rings. The molecule has 0 unspecified atom stereocenters. The van der Waals surface area contributed by atoms with Crippen molar-refractivity contribution in [3.63, 3.8) is 0 Å². The van der Waals surface area contributed by atoms with Gasteiger partial charge in [0.25, 0.3) is 0 Å². The molecule has 0 saturated carbocycles. The first kappa shape index (κ1) is 17.1. The molecule has 0 radical (unpaired) electrons. The molecule has 0 heterocycles. The molecule has 23 heavy (non-hydrogen) atoms. The van der Waals surface area contributed by atoms with Crippen LogP contribution >= 0.6 is 11.8 Å². The van der Waals surface area contributed by atoms with Crippen molar-refractivity contribution in [2.24, 2.45) is 0 Å². The van der Waals surface area contributed by atoms with Gasteiger partial charge in [-0.25, -0.2) is 0 Å². The molecule has 2 rings (SSSR count). The van der Waals surface area contributed by atoms with Crippen LogP contribution in [0.4, 0.5) is 5.69 Å². The van der Waals surface area contributed by atoms with Crippen LogP contribution in [0.1, 0.15) is 28.4 Å². The van der Waals surface area contributed by atoms with Crippen molar-refractivity contribution in [2.45, 2.75) is 24.9 Å². The Labute approximate surface area is 139 Å². The number of aryl methyl sites for hydroxylation is 1. The van der Waals surface area contributed by atoms with Crippen molar-refractivity contribution < 1.29 is 14.7 Å². The number of carbonyl (C=O) groups excluding carboxylic acids is 2. The number of rotatable bonds is 6. The number of hydrogen-bond acceptors (Lipinski definition) is 4. The standard InChI is InChI=1S/C18H19NO3S/c1-12-8-9-15(18(21)22)10-16(12)19-17(20)13(2)23-11-14-6-4-3-5-7-14/h3-10,13H,11H2,1-2H3,(H,19,20)(H,21,22)/p-1/t13-/m0/s1. The molecule has 4 nitrogen and oxygen atoms in total. The van der Waals surface area contributed by atoms with Crippen molar-refractivity contribution in [3.8, 4) is 0 Å². The van der Waals surface area contributed by atoms with Gasteiger partial charge in [-0.05, 0) is 36.6 Å². The third-order valence-electron chi connectivity index (χ3n) is 3.44. The number of nitrogens with one attached hydrogen (secondary N) is 1. The molecule has 5 heteroatoms. The lowest BCUT2D eigenvalue weighted by atomic mass is 10.1. The lowest BCUT2D eigenvalue weighted by Crippen LogP contribution is -2.25. The van der Waals surface area contributed by atoms with Crippen LogP contribution < -0.4 is 10.4 Å². The highest BCUT2D eigenvalue weighted by Gasteiger charge is 2.15. The molecule has 0 saturated heterocycles. The van der Waals surface area contributed by atoms with E-state index in [1.54, 1.807) is 6.07 Å². The van der Waals surface area contributed by atoms with Gasteiger partial charge in [0, 0.05) is 11.4 Å². The zero-order valence-electron chi connectivity index (χ0n) is 13.0. The Balaban J connectivity index is 1.98. The summed E-state index contributed by atoms with van der Waals surface area (Å²) in [7, 11) is 0. The molecule has 0 spiro atoms. The van der Waals surface area contributed by atoms with Gasteiger partial charge in [-0.15, -0.1) is 11.8 Å². The maximum atomic E-state index is 12.3. The van der Waals surface area contributed by atoms with Crippen molar-refractivity contribution in [2.75, 3.05) is 5.32 Å². The van der Waals surface area contributed by atoms with E-state index in [2.05, 4.69) is 5.32 Å². The summed E-state index contributed by atoms with van der Waals surface area (Å²) in [6.45, 7) is 3.65. The lowest BCUT2D eigenvalue weighted by molar-refractivity contribution is -0.255. The number of aromatic carboxylic acids is 1. The van der Waals surface area contributed by atoms with Crippen molar-refractivity contribution in [1.29, 1.82) is 0 Å². The van der Waals surface area contributed by atoms with Gasteiger partial charge in [-0.2, -0.15) is 0 Å². The van der Waals surface area contributed by atoms with E-state index in [0.717, 1.165) is 16.9 Å². The van der Waals surface area contributed by atoms with E-state index in [9.17, 15) is 14.7 Å². The number of benzene rings is 2. The molecular formula is C18H18NO3S-. The normalized spacial score (nSPS) is 11.7. The lowest BCUT2D eigenvalue weighted by Gasteiger charge is -2.15. The molecule has 0 aliphatic heterocycles. The number of carboxylic acids is 1. The summed E-state index contributed by atoms with van der Waals surface area (Å²) in [6, 6.07) is 14.5. The number of amides is 1. The highest BCUT2D eigenvalue weighted by atomic mass is 32.2. The van der Waals surface area contributed by atoms with Gasteiger partial charge in [-0.3, -0.25) is 4.79 Å². The van der Waals surface area contributed by atoms with Gasteiger partial charge in [0.05, 0.1) is 11.2 Å². The Kier molecular flexibility index (Phi) is 5.82. The Bertz CT molecular complexity index is 701. The molecule has 1 atom stereocenters. The van der Waals surface area contributed by atoms with Crippen LogP contribution in [0.15, 0.2) is 48.5 Å². The third-order valence-corrected chi connectivity index (χ3v) is 4.66. The first-order valence-electron chi connectivity index (χ1n) is 7.26. The fourth-order valence-corrected chi connectivity index (χ4v) is 2.83. The van der Waals surface area contributed by atoms with Gasteiger partial charge in [0.15, 0.2) is 0 Å². The molecule has 0 bridgehead atoms. The number of hydrogen-bond donors (Lipinski definition) is 1. The molecule has 1 amide bonds. The minimum Gasteiger partial charge on any atom is -0.545 e. The zero-order chi connectivity index (χ0) is 16.8. The average Bonchev–Trinajstić information content (AvgIpc) is 2.55. The van der Waals surface area contributed by atoms with Crippen molar-refractivity contribution >= 4 is 29.3 Å². The van der Waals surface area contributed by atoms with E-state index in [1.165, 1.54) is 23.9 Å². The van der Waals surface area contributed by atoms with Gasteiger partial charge < -0.3 is 15.2 Å². The maximum absolute atomic E-state index is 12.3. The summed E-state index contributed by atoms with van der Waals surface area (Å²) in [5, 5.41) is 13.5. The molecule has 0 aliphatic carbocycles. The van der Waals surface area contributed by atoms with Crippen LogP contribution in [0.3, 0.4) is 0 Å². The predicted molar refractivity (Wildman–Crippen MR) is 91.3 cm³/mol. The Morgan fingerprint density at radius 2 is 1.87 bits per heavy atom. The Morgan fingerprint density at radius 1 is 1.17 bits per heavy atom. The van der Waals surface area contributed by atoms with Crippen LogP contribution in [0.5, 0.6) is 0 Å². The molecule has 0 fully saturated rings. The summed E-state index contributed by atoms with van der Waals surface area (Å²) in [6.07, 6.45) is 0. The summed E-state index contributed by atoms with van der Waals surface area (Å²) in [5.74, 6) is -0.662. The SMILES string of the molecule is Cc1ccc(C(=O)[O-])cc1NC(=O)[C@H](C)SCc1ccccc1. The second-order valence-corrected chi connectivity index (χ2v) is 6.57. The fourth-order valence-electron chi connectivity index (χ4n) is 1.99. The van der Waals surface area contributed by atoms with E-state index < -0.39 is 5.97 Å². The monoisotopic (exact) mass is 328 g/mol. The summed E-state index contributed by atoms with van der Waals surface area (Å²) >= 11 is 1.53. The summed E-state index contributed by atoms with van der Waals surface area (Å²) < 4.78 is 0. The van der Waals surface area contributed by atoms with Crippen LogP contribution in [0.25, 0.3) is 0 Å². The van der Waals surface area contributed by atoms with Gasteiger partial charge in [0.2, 0.25) is 5.91 Å². The third kappa shape index (κ3) is 4.86. The van der Waals surface area contributed by atoms with E-state index in [1.807, 2.05) is 44.2 Å². The maximum Gasteiger partial charge on any atom is 0.237 e. The molecular weight excluding hydrogens is 310 g/mol. The first-order valence-corrected chi connectivity index (χ1v) is 8.30. The van der Waals surface area contributed by atoms with Crippen molar-refractivity contribution in [1.82, 2.24) is 0 Å². The largest absolute Gasteiger partial charge is 0.545 e. The molecule has 2 aromatic rings. The van der Waals surface area contributed by atoms with Crippen molar-refractivity contribution in [3.05, 3.63) is 65.2 Å². The zero-order valence-corrected chi connectivity index (χ0v) is 13.9. The fraction of sp³-hybridized carbons (Fsp3) is 0.222. The van der Waals surface area contributed by atoms with Crippen LogP contribution in [-0.4, -0.2) is 17.1 Å². The minimum atomic E-state index is -1.26. The predicted octanol–water partition coefficient (Wildman–Crippen LogP) is 2.62. The number of carboxylic acid groups (broad SMARTS) is 1. The summed E-state index contributed by atoms with van der Waals surface area (Å²) in [5.41, 5.74) is 2.52. The molecule has 2 aromatic carbocycles. The van der Waals surface area contributed by atoms with Crippen LogP contribution in [-0.2, 0) is 10.5 Å². The Hall–Kier alpha value is -2.27. The van der Waals surface area contributed by atoms with Gasteiger partial charge in [-0.1, -0.05) is 42.5 Å². The Morgan fingerprint density at radius 3 is 2.52 bits per heavy atom. The van der Waals surface area contributed by atoms with Gasteiger partial charge in [0.1, 0.15) is 0 Å². The van der Waals surface area contributed by atoms with E-state index in [0.29, 0.717) is 5.69 Å². The topological polar surface area (TPSA) is 69.2 Å². The number of carbonyl (C=O) groups is 2.